The first-order chi connectivity index (χ1) is 6.13. The van der Waals surface area contributed by atoms with Crippen LogP contribution in [0.15, 0.2) is 0 Å². The van der Waals surface area contributed by atoms with Crippen molar-refractivity contribution < 1.29 is 19.7 Å². The van der Waals surface area contributed by atoms with Crippen molar-refractivity contribution in [3.63, 3.8) is 0 Å². The third-order valence-corrected chi connectivity index (χ3v) is 2.07. The lowest BCUT2D eigenvalue weighted by Gasteiger charge is -2.32. The van der Waals surface area contributed by atoms with Crippen molar-refractivity contribution in [2.45, 2.75) is 31.6 Å². The van der Waals surface area contributed by atoms with Gasteiger partial charge in [0.25, 0.3) is 0 Å². The molecule has 1 fully saturated rings. The Morgan fingerprint density at radius 2 is 2.38 bits per heavy atom. The van der Waals surface area contributed by atoms with E-state index in [1.807, 2.05) is 0 Å². The van der Waals surface area contributed by atoms with E-state index in [1.54, 1.807) is 0 Å². The minimum absolute atomic E-state index is 0.0934. The highest BCUT2D eigenvalue weighted by Gasteiger charge is 2.29. The van der Waals surface area contributed by atoms with E-state index < -0.39 is 6.10 Å². The smallest absolute Gasteiger partial charge is 0.217 e. The molecule has 3 atom stereocenters. The zero-order chi connectivity index (χ0) is 9.84. The number of aliphatic hydroxyl groups is 2. The standard InChI is InChI=1S/C8H15NO4/c1-5(11)9-7-4-13-6(3-10)2-8(7)12/h6-8,10,12H,2-4H2,1H3,(H,9,11)/t6-,7-,8-/m0/s1. The monoisotopic (exact) mass is 189 g/mol. The van der Waals surface area contributed by atoms with Crippen LogP contribution in [0.4, 0.5) is 0 Å². The van der Waals surface area contributed by atoms with Gasteiger partial charge in [-0.15, -0.1) is 0 Å². The number of aliphatic hydroxyl groups excluding tert-OH is 2. The van der Waals surface area contributed by atoms with Crippen LogP contribution in [0, 0.1) is 0 Å². The third-order valence-electron chi connectivity index (χ3n) is 2.07. The van der Waals surface area contributed by atoms with Gasteiger partial charge in [-0.05, 0) is 0 Å². The summed E-state index contributed by atoms with van der Waals surface area (Å²) in [6.07, 6.45) is -0.573. The summed E-state index contributed by atoms with van der Waals surface area (Å²) in [7, 11) is 0. The number of hydrogen-bond donors (Lipinski definition) is 3. The highest BCUT2D eigenvalue weighted by molar-refractivity contribution is 5.73. The van der Waals surface area contributed by atoms with Crippen LogP contribution in [0.25, 0.3) is 0 Å². The van der Waals surface area contributed by atoms with Gasteiger partial charge in [0, 0.05) is 13.3 Å². The second-order valence-electron chi connectivity index (χ2n) is 3.25. The highest BCUT2D eigenvalue weighted by atomic mass is 16.5. The summed E-state index contributed by atoms with van der Waals surface area (Å²) in [5.74, 6) is -0.185. The maximum absolute atomic E-state index is 10.7. The Morgan fingerprint density at radius 3 is 2.85 bits per heavy atom. The van der Waals surface area contributed by atoms with Crippen LogP contribution < -0.4 is 5.32 Å². The van der Waals surface area contributed by atoms with Crippen molar-refractivity contribution in [2.24, 2.45) is 0 Å². The molecule has 1 saturated heterocycles. The second-order valence-corrected chi connectivity index (χ2v) is 3.25. The number of carbonyl (C=O) groups excluding carboxylic acids is 1. The van der Waals surface area contributed by atoms with Crippen LogP contribution in [-0.4, -0.2) is 47.6 Å². The highest BCUT2D eigenvalue weighted by Crippen LogP contribution is 2.13. The van der Waals surface area contributed by atoms with Gasteiger partial charge in [-0.1, -0.05) is 0 Å². The van der Waals surface area contributed by atoms with Crippen molar-refractivity contribution in [2.75, 3.05) is 13.2 Å². The van der Waals surface area contributed by atoms with Gasteiger partial charge in [-0.25, -0.2) is 0 Å². The maximum atomic E-state index is 10.7. The van der Waals surface area contributed by atoms with Gasteiger partial charge in [-0.3, -0.25) is 4.79 Å². The lowest BCUT2D eigenvalue weighted by atomic mass is 10.0. The van der Waals surface area contributed by atoms with Gasteiger partial charge < -0.3 is 20.3 Å². The Balaban J connectivity index is 2.39. The van der Waals surface area contributed by atoms with E-state index in [9.17, 15) is 9.90 Å². The lowest BCUT2D eigenvalue weighted by Crippen LogP contribution is -2.51. The quantitative estimate of drug-likeness (QED) is 0.501. The molecule has 13 heavy (non-hydrogen) atoms. The summed E-state index contributed by atoms with van der Waals surface area (Å²) in [4.78, 5) is 10.7. The van der Waals surface area contributed by atoms with Gasteiger partial charge in [0.15, 0.2) is 0 Å². The van der Waals surface area contributed by atoms with Crippen LogP contribution >= 0.6 is 0 Å². The molecule has 0 bridgehead atoms. The van der Waals surface area contributed by atoms with Crippen LogP contribution in [-0.2, 0) is 9.53 Å². The Labute approximate surface area is 76.7 Å². The molecule has 1 aliphatic rings. The van der Waals surface area contributed by atoms with Gasteiger partial charge in [0.05, 0.1) is 31.5 Å². The Bertz CT molecular complexity index is 185. The Hall–Kier alpha value is -0.650. The fraction of sp³-hybridized carbons (Fsp3) is 0.875. The largest absolute Gasteiger partial charge is 0.394 e. The van der Waals surface area contributed by atoms with Gasteiger partial charge in [0.2, 0.25) is 5.91 Å². The summed E-state index contributed by atoms with van der Waals surface area (Å²) < 4.78 is 5.19. The predicted molar refractivity (Wildman–Crippen MR) is 45.1 cm³/mol. The number of nitrogens with one attached hydrogen (secondary N) is 1. The minimum Gasteiger partial charge on any atom is -0.394 e. The molecule has 0 saturated carbocycles. The average Bonchev–Trinajstić information content (AvgIpc) is 2.08. The first kappa shape index (κ1) is 10.4. The minimum atomic E-state index is -0.630. The zero-order valence-electron chi connectivity index (χ0n) is 7.56. The van der Waals surface area contributed by atoms with Crippen molar-refractivity contribution in [1.29, 1.82) is 0 Å². The van der Waals surface area contributed by atoms with Gasteiger partial charge >= 0.3 is 0 Å². The van der Waals surface area contributed by atoms with E-state index in [1.165, 1.54) is 6.92 Å². The molecule has 0 aliphatic carbocycles. The number of hydrogen-bond acceptors (Lipinski definition) is 4. The maximum Gasteiger partial charge on any atom is 0.217 e. The van der Waals surface area contributed by atoms with Crippen molar-refractivity contribution in [3.05, 3.63) is 0 Å². The van der Waals surface area contributed by atoms with Crippen molar-refractivity contribution in [1.82, 2.24) is 5.32 Å². The van der Waals surface area contributed by atoms with Crippen molar-refractivity contribution in [3.8, 4) is 0 Å². The lowest BCUT2D eigenvalue weighted by molar-refractivity contribution is -0.125. The second kappa shape index (κ2) is 4.55. The van der Waals surface area contributed by atoms with Gasteiger partial charge in [-0.2, -0.15) is 0 Å². The molecular weight excluding hydrogens is 174 g/mol. The van der Waals surface area contributed by atoms with Crippen LogP contribution in [0.3, 0.4) is 0 Å². The zero-order valence-corrected chi connectivity index (χ0v) is 7.56. The third kappa shape index (κ3) is 2.95. The molecule has 0 aromatic heterocycles. The van der Waals surface area contributed by atoms with Crippen molar-refractivity contribution >= 4 is 5.91 Å². The summed E-state index contributed by atoms with van der Waals surface area (Å²) >= 11 is 0. The normalized spacial score (nSPS) is 34.2. The molecule has 0 aromatic rings. The number of carbonyl (C=O) groups is 1. The van der Waals surface area contributed by atoms with E-state index in [0.29, 0.717) is 6.42 Å². The topological polar surface area (TPSA) is 78.8 Å². The van der Waals surface area contributed by atoms with Crippen LogP contribution in [0.5, 0.6) is 0 Å². The van der Waals surface area contributed by atoms with E-state index in [0.717, 1.165) is 0 Å². The molecule has 1 heterocycles. The van der Waals surface area contributed by atoms with E-state index in [2.05, 4.69) is 5.32 Å². The summed E-state index contributed by atoms with van der Waals surface area (Å²) in [5, 5.41) is 20.8. The van der Waals surface area contributed by atoms with Gasteiger partial charge in [0.1, 0.15) is 0 Å². The molecule has 5 nitrogen and oxygen atoms in total. The van der Waals surface area contributed by atoms with E-state index >= 15 is 0 Å². The summed E-state index contributed by atoms with van der Waals surface area (Å²) in [6.45, 7) is 1.56. The Morgan fingerprint density at radius 1 is 1.69 bits per heavy atom. The first-order valence-corrected chi connectivity index (χ1v) is 4.31. The average molecular weight is 189 g/mol. The molecule has 1 aliphatic heterocycles. The first-order valence-electron chi connectivity index (χ1n) is 4.31. The molecule has 0 aromatic carbocycles. The molecular formula is C8H15NO4. The molecule has 5 heteroatoms. The van der Waals surface area contributed by atoms with E-state index in [-0.39, 0.29) is 31.3 Å². The fourth-order valence-corrected chi connectivity index (χ4v) is 1.38. The van der Waals surface area contributed by atoms with E-state index in [4.69, 9.17) is 9.84 Å². The number of amides is 1. The van der Waals surface area contributed by atoms with Crippen LogP contribution in [0.1, 0.15) is 13.3 Å². The summed E-state index contributed by atoms with van der Waals surface area (Å²) in [6, 6.07) is -0.347. The summed E-state index contributed by atoms with van der Waals surface area (Å²) in [5.41, 5.74) is 0. The molecule has 0 unspecified atom stereocenters. The molecule has 1 rings (SSSR count). The molecule has 0 radical (unpaired) electrons. The predicted octanol–water partition coefficient (Wildman–Crippen LogP) is -1.37. The molecule has 0 spiro atoms. The number of rotatable bonds is 2. The fourth-order valence-electron chi connectivity index (χ4n) is 1.38. The molecule has 3 N–H and O–H groups in total. The molecule has 1 amide bonds. The van der Waals surface area contributed by atoms with Crippen LogP contribution in [0.2, 0.25) is 0 Å². The SMILES string of the molecule is CC(=O)N[C@H]1CO[C@H](CO)C[C@@H]1O. The number of ether oxygens (including phenoxy) is 1. The Kier molecular flexibility index (Phi) is 3.65. The molecule has 76 valence electrons.